The molecule has 0 radical (unpaired) electrons. The summed E-state index contributed by atoms with van der Waals surface area (Å²) >= 11 is 3.32. The zero-order valence-corrected chi connectivity index (χ0v) is 21.2. The Morgan fingerprint density at radius 1 is 1.00 bits per heavy atom. The minimum absolute atomic E-state index is 0.00876. The summed E-state index contributed by atoms with van der Waals surface area (Å²) in [6.45, 7) is 3.69. The van der Waals surface area contributed by atoms with Gasteiger partial charge in [0, 0.05) is 42.5 Å². The Morgan fingerprint density at radius 3 is 2.26 bits per heavy atom. The van der Waals surface area contributed by atoms with E-state index in [1.165, 1.54) is 6.07 Å². The maximum absolute atomic E-state index is 14.5. The molecule has 3 aromatic carbocycles. The average molecular weight is 532 g/mol. The van der Waals surface area contributed by atoms with Crippen molar-refractivity contribution in [3.8, 4) is 0 Å². The quantitative estimate of drug-likeness (QED) is 0.310. The van der Waals surface area contributed by atoms with E-state index in [-0.39, 0.29) is 17.4 Å². The van der Waals surface area contributed by atoms with Crippen LogP contribution in [0.4, 0.5) is 4.39 Å². The molecule has 0 unspecified atom stereocenters. The molecule has 0 fully saturated rings. The smallest absolute Gasteiger partial charge is 0.259 e. The molecule has 4 nitrogen and oxygen atoms in total. The van der Waals surface area contributed by atoms with Gasteiger partial charge in [-0.15, -0.1) is 0 Å². The van der Waals surface area contributed by atoms with Gasteiger partial charge >= 0.3 is 0 Å². The van der Waals surface area contributed by atoms with Crippen LogP contribution < -0.4 is 5.56 Å². The van der Waals surface area contributed by atoms with E-state index in [0.29, 0.717) is 37.1 Å². The number of nitrogens with zero attached hydrogens (tertiary/aromatic N) is 3. The highest BCUT2D eigenvalue weighted by atomic mass is 79.9. The molecule has 1 aliphatic heterocycles. The van der Waals surface area contributed by atoms with Crippen LogP contribution in [0.1, 0.15) is 46.7 Å². The van der Waals surface area contributed by atoms with Crippen LogP contribution in [0, 0.1) is 5.82 Å². The lowest BCUT2D eigenvalue weighted by Crippen LogP contribution is -2.40. The Bertz CT molecular complexity index is 1350. The van der Waals surface area contributed by atoms with Gasteiger partial charge in [-0.25, -0.2) is 9.37 Å². The fourth-order valence-electron chi connectivity index (χ4n) is 4.90. The number of benzene rings is 3. The molecule has 1 aliphatic rings. The van der Waals surface area contributed by atoms with Crippen LogP contribution >= 0.6 is 15.9 Å². The second-order valence-corrected chi connectivity index (χ2v) is 9.82. The van der Waals surface area contributed by atoms with Crippen molar-refractivity contribution in [2.75, 3.05) is 6.54 Å². The van der Waals surface area contributed by atoms with Gasteiger partial charge in [0.15, 0.2) is 0 Å². The molecule has 5 rings (SSSR count). The van der Waals surface area contributed by atoms with E-state index in [1.807, 2.05) is 54.0 Å². The van der Waals surface area contributed by atoms with Crippen molar-refractivity contribution in [1.82, 2.24) is 14.5 Å². The molecule has 0 aliphatic carbocycles. The second-order valence-electron chi connectivity index (χ2n) is 8.90. The molecule has 0 spiro atoms. The Labute approximate surface area is 213 Å². The lowest BCUT2D eigenvalue weighted by Gasteiger charge is -2.31. The Morgan fingerprint density at radius 2 is 1.66 bits per heavy atom. The zero-order chi connectivity index (χ0) is 24.4. The van der Waals surface area contributed by atoms with E-state index in [2.05, 4.69) is 45.1 Å². The highest BCUT2D eigenvalue weighted by molar-refractivity contribution is 9.10. The molecule has 35 heavy (non-hydrogen) atoms. The van der Waals surface area contributed by atoms with Gasteiger partial charge in [-0.05, 0) is 23.3 Å². The lowest BCUT2D eigenvalue weighted by atomic mass is 9.97. The average Bonchev–Trinajstić information content (AvgIpc) is 2.88. The van der Waals surface area contributed by atoms with Crippen LogP contribution in [0.25, 0.3) is 0 Å². The molecule has 178 valence electrons. The summed E-state index contributed by atoms with van der Waals surface area (Å²) in [5.41, 5.74) is 4.29. The summed E-state index contributed by atoms with van der Waals surface area (Å²) in [6, 6.07) is 25.1. The van der Waals surface area contributed by atoms with Gasteiger partial charge in [-0.1, -0.05) is 89.6 Å². The number of hydrogen-bond acceptors (Lipinski definition) is 3. The molecule has 6 heteroatoms. The fourth-order valence-corrected chi connectivity index (χ4v) is 5.23. The van der Waals surface area contributed by atoms with Gasteiger partial charge in [-0.2, -0.15) is 0 Å². The van der Waals surface area contributed by atoms with Crippen LogP contribution in [0.2, 0.25) is 0 Å². The molecular weight excluding hydrogens is 505 g/mol. The largest absolute Gasteiger partial charge is 0.294 e. The summed E-state index contributed by atoms with van der Waals surface area (Å²) < 4.78 is 17.1. The first-order valence-electron chi connectivity index (χ1n) is 11.9. The summed E-state index contributed by atoms with van der Waals surface area (Å²) in [7, 11) is 0. The maximum atomic E-state index is 14.5. The molecule has 0 amide bonds. The van der Waals surface area contributed by atoms with Crippen LogP contribution in [-0.2, 0) is 25.9 Å². The van der Waals surface area contributed by atoms with E-state index in [4.69, 9.17) is 4.98 Å². The third-order valence-corrected chi connectivity index (χ3v) is 7.12. The highest BCUT2D eigenvalue weighted by Gasteiger charge is 2.27. The topological polar surface area (TPSA) is 38.1 Å². The van der Waals surface area contributed by atoms with Gasteiger partial charge in [0.2, 0.25) is 0 Å². The Hall–Kier alpha value is -3.09. The number of rotatable bonds is 6. The van der Waals surface area contributed by atoms with Gasteiger partial charge in [0.1, 0.15) is 11.6 Å². The van der Waals surface area contributed by atoms with Crippen molar-refractivity contribution in [2.45, 2.75) is 38.9 Å². The van der Waals surface area contributed by atoms with Crippen LogP contribution in [0.15, 0.2) is 88.1 Å². The first kappa shape index (κ1) is 23.6. The molecule has 0 bridgehead atoms. The minimum atomic E-state index is -0.267. The summed E-state index contributed by atoms with van der Waals surface area (Å²) in [5.74, 6) is 0.550. The molecule has 4 aromatic rings. The third-order valence-electron chi connectivity index (χ3n) is 6.63. The van der Waals surface area contributed by atoms with Crippen LogP contribution in [-0.4, -0.2) is 21.0 Å². The van der Waals surface area contributed by atoms with E-state index in [9.17, 15) is 9.18 Å². The van der Waals surface area contributed by atoms with Crippen LogP contribution in [0.5, 0.6) is 0 Å². The number of aromatic nitrogens is 2. The standard InChI is InChI=1S/C29H27BrFN3O/c1-2-27-32-26-15-16-33(18-22-13-14-23(30)17-25(22)31)19-24(26)29(35)34(27)28(20-9-5-3-6-10-20)21-11-7-4-8-12-21/h3-14,17,28H,2,15-16,18-19H2,1H3. The van der Waals surface area contributed by atoms with Crippen molar-refractivity contribution in [2.24, 2.45) is 0 Å². The van der Waals surface area contributed by atoms with Gasteiger partial charge in [0.05, 0.1) is 17.3 Å². The third kappa shape index (κ3) is 4.86. The van der Waals surface area contributed by atoms with Crippen molar-refractivity contribution < 1.29 is 4.39 Å². The Kier molecular flexibility index (Phi) is 6.93. The predicted molar refractivity (Wildman–Crippen MR) is 140 cm³/mol. The zero-order valence-electron chi connectivity index (χ0n) is 19.6. The molecule has 0 saturated heterocycles. The molecule has 0 N–H and O–H groups in total. The molecule has 0 atom stereocenters. The highest BCUT2D eigenvalue weighted by Crippen LogP contribution is 2.28. The van der Waals surface area contributed by atoms with Gasteiger partial charge in [0.25, 0.3) is 5.56 Å². The molecule has 0 saturated carbocycles. The van der Waals surface area contributed by atoms with Crippen molar-refractivity contribution in [3.05, 3.63) is 133 Å². The monoisotopic (exact) mass is 531 g/mol. The second kappa shape index (κ2) is 10.3. The van der Waals surface area contributed by atoms with E-state index in [1.54, 1.807) is 6.07 Å². The number of hydrogen-bond donors (Lipinski definition) is 0. The normalized spacial score (nSPS) is 13.7. The molecular formula is C29H27BrFN3O. The van der Waals surface area contributed by atoms with Crippen LogP contribution in [0.3, 0.4) is 0 Å². The fraction of sp³-hybridized carbons (Fsp3) is 0.241. The Balaban J connectivity index is 1.58. The van der Waals surface area contributed by atoms with Crippen molar-refractivity contribution in [1.29, 1.82) is 0 Å². The summed E-state index contributed by atoms with van der Waals surface area (Å²) in [6.07, 6.45) is 1.34. The predicted octanol–water partition coefficient (Wildman–Crippen LogP) is 5.90. The van der Waals surface area contributed by atoms with Crippen molar-refractivity contribution >= 4 is 15.9 Å². The van der Waals surface area contributed by atoms with E-state index >= 15 is 0 Å². The minimum Gasteiger partial charge on any atom is -0.294 e. The SMILES string of the molecule is CCc1nc2c(c(=O)n1C(c1ccccc1)c1ccccc1)CN(Cc1ccc(Br)cc1F)CC2. The van der Waals surface area contributed by atoms with E-state index in [0.717, 1.165) is 33.7 Å². The van der Waals surface area contributed by atoms with Gasteiger partial charge < -0.3 is 0 Å². The number of aryl methyl sites for hydroxylation is 1. The molecule has 2 heterocycles. The maximum Gasteiger partial charge on any atom is 0.259 e. The first-order valence-corrected chi connectivity index (χ1v) is 12.7. The first-order chi connectivity index (χ1) is 17.0. The van der Waals surface area contributed by atoms with Crippen molar-refractivity contribution in [3.63, 3.8) is 0 Å². The van der Waals surface area contributed by atoms with E-state index < -0.39 is 0 Å². The summed E-state index contributed by atoms with van der Waals surface area (Å²) in [4.78, 5) is 21.2. The summed E-state index contributed by atoms with van der Waals surface area (Å²) in [5, 5.41) is 0. The number of halogens is 2. The lowest BCUT2D eigenvalue weighted by molar-refractivity contribution is 0.236. The molecule has 1 aromatic heterocycles. The van der Waals surface area contributed by atoms with Gasteiger partial charge in [-0.3, -0.25) is 14.3 Å². The number of fused-ring (bicyclic) bond motifs is 1.